The molecule has 0 aliphatic rings. The van der Waals surface area contributed by atoms with Gasteiger partial charge in [0.1, 0.15) is 11.9 Å². The molecule has 0 saturated carbocycles. The predicted octanol–water partition coefficient (Wildman–Crippen LogP) is 11.8. The monoisotopic (exact) mass is 586 g/mol. The minimum Gasteiger partial charge on any atom is -0.234 e. The van der Waals surface area contributed by atoms with Gasteiger partial charge in [0.05, 0.1) is 19.5 Å². The standard InChI is InChI=1S/C41H65N2/c1-4-6-8-9-10-11-12-13-14-15-16-17-18-19-27-32-42-36-40(34-37(3)39-30-24-21-25-31-39)43(33-26-7-5-2)41(42)35-38-28-22-20-23-29-38/h20-25,28-31,36-37H,4-19,26-27,32-35H2,1-3H3/q+1. The van der Waals surface area contributed by atoms with Crippen LogP contribution in [-0.2, 0) is 25.9 Å². The van der Waals surface area contributed by atoms with E-state index in [1.807, 2.05) is 0 Å². The van der Waals surface area contributed by atoms with E-state index >= 15 is 0 Å². The Balaban J connectivity index is 1.51. The van der Waals surface area contributed by atoms with Crippen molar-refractivity contribution in [1.82, 2.24) is 4.57 Å². The maximum Gasteiger partial charge on any atom is 0.261 e. The van der Waals surface area contributed by atoms with Gasteiger partial charge in [-0.25, -0.2) is 9.13 Å². The summed E-state index contributed by atoms with van der Waals surface area (Å²) in [4.78, 5) is 0. The summed E-state index contributed by atoms with van der Waals surface area (Å²) in [5.74, 6) is 2.02. The maximum atomic E-state index is 2.70. The van der Waals surface area contributed by atoms with Crippen LogP contribution in [0.1, 0.15) is 165 Å². The average Bonchev–Trinajstić information content (AvgIpc) is 3.34. The topological polar surface area (TPSA) is 8.81 Å². The van der Waals surface area contributed by atoms with Crippen LogP contribution >= 0.6 is 0 Å². The van der Waals surface area contributed by atoms with Crippen molar-refractivity contribution >= 4 is 0 Å². The molecule has 0 spiro atoms. The summed E-state index contributed by atoms with van der Waals surface area (Å²) in [6.45, 7) is 9.30. The maximum absolute atomic E-state index is 2.70. The van der Waals surface area contributed by atoms with E-state index in [9.17, 15) is 0 Å². The molecule has 0 fully saturated rings. The zero-order valence-corrected chi connectivity index (χ0v) is 28.4. The molecule has 1 atom stereocenters. The zero-order chi connectivity index (χ0) is 30.4. The lowest BCUT2D eigenvalue weighted by Crippen LogP contribution is -2.37. The highest BCUT2D eigenvalue weighted by Crippen LogP contribution is 2.22. The predicted molar refractivity (Wildman–Crippen MR) is 187 cm³/mol. The van der Waals surface area contributed by atoms with Gasteiger partial charge in [-0.3, -0.25) is 0 Å². The number of nitrogens with zero attached hydrogens (tertiary/aromatic N) is 2. The number of aryl methyl sites for hydroxylation is 1. The van der Waals surface area contributed by atoms with Crippen molar-refractivity contribution in [1.29, 1.82) is 0 Å². The molecule has 1 aromatic heterocycles. The Hall–Kier alpha value is -2.35. The van der Waals surface area contributed by atoms with Crippen LogP contribution in [-0.4, -0.2) is 4.57 Å². The molecule has 238 valence electrons. The largest absolute Gasteiger partial charge is 0.261 e. The summed E-state index contributed by atoms with van der Waals surface area (Å²) in [6.07, 6.45) is 29.7. The molecule has 0 N–H and O–H groups in total. The fourth-order valence-electron chi connectivity index (χ4n) is 6.64. The van der Waals surface area contributed by atoms with Gasteiger partial charge in [0.15, 0.2) is 0 Å². The number of rotatable bonds is 25. The van der Waals surface area contributed by atoms with E-state index in [1.54, 1.807) is 0 Å². The van der Waals surface area contributed by atoms with Crippen LogP contribution in [0.25, 0.3) is 0 Å². The minimum absolute atomic E-state index is 0.518. The second-order valence-electron chi connectivity index (χ2n) is 13.2. The Morgan fingerprint density at radius 3 is 1.63 bits per heavy atom. The molecule has 0 aliphatic carbocycles. The van der Waals surface area contributed by atoms with E-state index < -0.39 is 0 Å². The SMILES string of the molecule is CCCCCCCCCCCCCCCCC[n+]1cc(CC(C)c2ccccc2)n(CCCCC)c1Cc1ccccc1. The van der Waals surface area contributed by atoms with Crippen molar-refractivity contribution in [2.45, 2.75) is 168 Å². The molecule has 0 bridgehead atoms. The molecule has 2 heteroatoms. The van der Waals surface area contributed by atoms with Crippen LogP contribution in [0.2, 0.25) is 0 Å². The highest BCUT2D eigenvalue weighted by molar-refractivity contribution is 5.22. The van der Waals surface area contributed by atoms with E-state index in [1.165, 1.54) is 138 Å². The molecule has 0 aliphatic heterocycles. The Labute approximate surface area is 266 Å². The highest BCUT2D eigenvalue weighted by atomic mass is 15.2. The molecule has 0 amide bonds. The number of hydrogen-bond acceptors (Lipinski definition) is 0. The molecule has 0 radical (unpaired) electrons. The van der Waals surface area contributed by atoms with E-state index in [0.717, 1.165) is 25.9 Å². The first-order chi connectivity index (χ1) is 21.2. The van der Waals surface area contributed by atoms with E-state index in [-0.39, 0.29) is 0 Å². The average molecular weight is 586 g/mol. The van der Waals surface area contributed by atoms with Gasteiger partial charge in [-0.15, -0.1) is 0 Å². The number of unbranched alkanes of at least 4 members (excludes halogenated alkanes) is 16. The molecule has 1 heterocycles. The van der Waals surface area contributed by atoms with Crippen LogP contribution in [0.4, 0.5) is 0 Å². The molecular formula is C41H65N2+. The van der Waals surface area contributed by atoms with Gasteiger partial charge in [-0.2, -0.15) is 0 Å². The number of benzene rings is 2. The first-order valence-corrected chi connectivity index (χ1v) is 18.4. The van der Waals surface area contributed by atoms with Crippen molar-refractivity contribution in [3.63, 3.8) is 0 Å². The zero-order valence-electron chi connectivity index (χ0n) is 28.4. The minimum atomic E-state index is 0.518. The molecular weight excluding hydrogens is 520 g/mol. The van der Waals surface area contributed by atoms with Crippen molar-refractivity contribution in [3.05, 3.63) is 89.5 Å². The Morgan fingerprint density at radius 1 is 0.581 bits per heavy atom. The normalized spacial score (nSPS) is 12.2. The van der Waals surface area contributed by atoms with Crippen molar-refractivity contribution < 1.29 is 4.57 Å². The van der Waals surface area contributed by atoms with Crippen LogP contribution < -0.4 is 4.57 Å². The summed E-state index contributed by atoms with van der Waals surface area (Å²) in [5.41, 5.74) is 4.38. The first-order valence-electron chi connectivity index (χ1n) is 18.4. The van der Waals surface area contributed by atoms with E-state index in [0.29, 0.717) is 5.92 Å². The molecule has 2 aromatic carbocycles. The highest BCUT2D eigenvalue weighted by Gasteiger charge is 2.25. The number of imidazole rings is 1. The fourth-order valence-corrected chi connectivity index (χ4v) is 6.64. The lowest BCUT2D eigenvalue weighted by Gasteiger charge is -2.12. The van der Waals surface area contributed by atoms with Gasteiger partial charge in [0.25, 0.3) is 5.82 Å². The van der Waals surface area contributed by atoms with Crippen molar-refractivity contribution in [2.24, 2.45) is 0 Å². The smallest absolute Gasteiger partial charge is 0.234 e. The molecule has 0 saturated heterocycles. The molecule has 43 heavy (non-hydrogen) atoms. The number of aromatic nitrogens is 2. The lowest BCUT2D eigenvalue weighted by molar-refractivity contribution is -0.704. The second-order valence-corrected chi connectivity index (χ2v) is 13.2. The van der Waals surface area contributed by atoms with E-state index in [4.69, 9.17) is 0 Å². The van der Waals surface area contributed by atoms with Gasteiger partial charge in [-0.1, -0.05) is 171 Å². The van der Waals surface area contributed by atoms with Crippen LogP contribution in [0.3, 0.4) is 0 Å². The third-order valence-corrected chi connectivity index (χ3v) is 9.37. The molecule has 1 unspecified atom stereocenters. The summed E-state index contributed by atoms with van der Waals surface area (Å²) in [5, 5.41) is 0. The van der Waals surface area contributed by atoms with Crippen molar-refractivity contribution in [2.75, 3.05) is 0 Å². The Kier molecular flexibility index (Phi) is 18.1. The number of hydrogen-bond donors (Lipinski definition) is 0. The summed E-state index contributed by atoms with van der Waals surface area (Å²) >= 11 is 0. The molecule has 2 nitrogen and oxygen atoms in total. The Bertz CT molecular complexity index is 1070. The van der Waals surface area contributed by atoms with Gasteiger partial charge in [0, 0.05) is 6.42 Å². The third kappa shape index (κ3) is 13.9. The quantitative estimate of drug-likeness (QED) is 0.0690. The lowest BCUT2D eigenvalue weighted by atomic mass is 9.96. The van der Waals surface area contributed by atoms with Gasteiger partial charge < -0.3 is 0 Å². The van der Waals surface area contributed by atoms with Crippen LogP contribution in [0.5, 0.6) is 0 Å². The second kappa shape index (κ2) is 22.2. The third-order valence-electron chi connectivity index (χ3n) is 9.37. The van der Waals surface area contributed by atoms with Gasteiger partial charge >= 0.3 is 0 Å². The summed E-state index contributed by atoms with van der Waals surface area (Å²) in [6, 6.07) is 22.2. The first kappa shape index (κ1) is 35.1. The fraction of sp³-hybridized carbons (Fsp3) is 0.634. The molecule has 3 rings (SSSR count). The van der Waals surface area contributed by atoms with Gasteiger partial charge in [0.2, 0.25) is 0 Å². The Morgan fingerprint density at radius 2 is 1.07 bits per heavy atom. The summed E-state index contributed by atoms with van der Waals surface area (Å²) in [7, 11) is 0. The summed E-state index contributed by atoms with van der Waals surface area (Å²) < 4.78 is 5.33. The van der Waals surface area contributed by atoms with Crippen molar-refractivity contribution in [3.8, 4) is 0 Å². The van der Waals surface area contributed by atoms with Crippen LogP contribution in [0, 0.1) is 0 Å². The van der Waals surface area contributed by atoms with E-state index in [2.05, 4.69) is 96.8 Å². The molecule has 3 aromatic rings. The van der Waals surface area contributed by atoms with Gasteiger partial charge in [-0.05, 0) is 42.7 Å². The van der Waals surface area contributed by atoms with Crippen LogP contribution in [0.15, 0.2) is 66.9 Å².